The molecule has 100 valence electrons. The molecule has 0 spiro atoms. The van der Waals surface area contributed by atoms with Gasteiger partial charge in [0.15, 0.2) is 0 Å². The fourth-order valence-electron chi connectivity index (χ4n) is 1.63. The first-order valence-electron chi connectivity index (χ1n) is 6.27. The average molecular weight is 251 g/mol. The van der Waals surface area contributed by atoms with Crippen LogP contribution in [0.1, 0.15) is 26.7 Å². The molecule has 0 bridgehead atoms. The quantitative estimate of drug-likeness (QED) is 0.797. The third kappa shape index (κ3) is 4.33. The molecule has 0 radical (unpaired) electrons. The highest BCUT2D eigenvalue weighted by Gasteiger charge is 2.08. The van der Waals surface area contributed by atoms with Crippen LogP contribution in [-0.2, 0) is 11.3 Å². The molecule has 1 atom stereocenters. The van der Waals surface area contributed by atoms with Crippen molar-refractivity contribution in [3.8, 4) is 0 Å². The second-order valence-electron chi connectivity index (χ2n) is 4.54. The molecule has 1 aromatic rings. The van der Waals surface area contributed by atoms with E-state index in [2.05, 4.69) is 5.32 Å². The monoisotopic (exact) mass is 251 g/mol. The molecule has 0 aliphatic rings. The molecule has 1 aromatic heterocycles. The van der Waals surface area contributed by atoms with Gasteiger partial charge in [-0.15, -0.1) is 0 Å². The van der Waals surface area contributed by atoms with Gasteiger partial charge in [-0.1, -0.05) is 13.8 Å². The number of aromatic nitrogens is 1. The molecule has 0 aromatic carbocycles. The van der Waals surface area contributed by atoms with Crippen molar-refractivity contribution in [3.63, 3.8) is 0 Å². The van der Waals surface area contributed by atoms with Crippen molar-refractivity contribution in [2.24, 2.45) is 11.7 Å². The summed E-state index contributed by atoms with van der Waals surface area (Å²) in [5.74, 6) is 0.0844. The van der Waals surface area contributed by atoms with Gasteiger partial charge < -0.3 is 15.6 Å². The molecular weight excluding hydrogens is 230 g/mol. The summed E-state index contributed by atoms with van der Waals surface area (Å²) in [7, 11) is 0. The van der Waals surface area contributed by atoms with Crippen LogP contribution in [0.25, 0.3) is 0 Å². The molecule has 0 aliphatic heterocycles. The van der Waals surface area contributed by atoms with E-state index in [0.717, 1.165) is 6.42 Å². The maximum Gasteiger partial charge on any atom is 0.250 e. The second kappa shape index (κ2) is 6.96. The highest BCUT2D eigenvalue weighted by atomic mass is 16.1. The van der Waals surface area contributed by atoms with Crippen LogP contribution in [0.5, 0.6) is 0 Å². The van der Waals surface area contributed by atoms with Crippen LogP contribution in [0.2, 0.25) is 0 Å². The minimum Gasteiger partial charge on any atom is -0.330 e. The van der Waals surface area contributed by atoms with Gasteiger partial charge >= 0.3 is 0 Å². The Morgan fingerprint density at radius 3 is 2.83 bits per heavy atom. The Labute approximate surface area is 107 Å². The molecular formula is C13H21N3O2. The number of carbonyl (C=O) groups excluding carboxylic acids is 1. The number of pyridine rings is 1. The molecule has 0 aliphatic carbocycles. The van der Waals surface area contributed by atoms with Gasteiger partial charge in [-0.05, 0) is 24.9 Å². The van der Waals surface area contributed by atoms with Crippen LogP contribution in [0.15, 0.2) is 23.1 Å². The zero-order valence-corrected chi connectivity index (χ0v) is 11.0. The SMILES string of the molecule is CCCn1cc(NC(=O)CC(C)CN)ccc1=O. The van der Waals surface area contributed by atoms with E-state index in [9.17, 15) is 9.59 Å². The molecule has 5 heteroatoms. The number of nitrogens with two attached hydrogens (primary N) is 1. The number of amides is 1. The second-order valence-corrected chi connectivity index (χ2v) is 4.54. The Morgan fingerprint density at radius 2 is 2.22 bits per heavy atom. The van der Waals surface area contributed by atoms with E-state index >= 15 is 0 Å². The van der Waals surface area contributed by atoms with Gasteiger partial charge in [0, 0.05) is 25.2 Å². The summed E-state index contributed by atoms with van der Waals surface area (Å²) in [6.07, 6.45) is 2.95. The number of aryl methyl sites for hydroxylation is 1. The third-order valence-electron chi connectivity index (χ3n) is 2.67. The van der Waals surface area contributed by atoms with Gasteiger partial charge in [0.2, 0.25) is 5.91 Å². The number of nitrogens with one attached hydrogen (secondary N) is 1. The van der Waals surface area contributed by atoms with Crippen molar-refractivity contribution in [2.75, 3.05) is 11.9 Å². The molecule has 0 fully saturated rings. The van der Waals surface area contributed by atoms with E-state index in [1.165, 1.54) is 6.07 Å². The average Bonchev–Trinajstić information content (AvgIpc) is 2.33. The van der Waals surface area contributed by atoms with E-state index in [-0.39, 0.29) is 17.4 Å². The number of anilines is 1. The summed E-state index contributed by atoms with van der Waals surface area (Å²) in [5, 5.41) is 2.78. The van der Waals surface area contributed by atoms with Gasteiger partial charge in [-0.3, -0.25) is 9.59 Å². The maximum absolute atomic E-state index is 11.7. The van der Waals surface area contributed by atoms with Crippen LogP contribution in [-0.4, -0.2) is 17.0 Å². The fraction of sp³-hybridized carbons (Fsp3) is 0.538. The zero-order valence-electron chi connectivity index (χ0n) is 11.0. The highest BCUT2D eigenvalue weighted by Crippen LogP contribution is 2.07. The largest absolute Gasteiger partial charge is 0.330 e. The lowest BCUT2D eigenvalue weighted by molar-refractivity contribution is -0.116. The highest BCUT2D eigenvalue weighted by molar-refractivity contribution is 5.90. The fourth-order valence-corrected chi connectivity index (χ4v) is 1.63. The van der Waals surface area contributed by atoms with E-state index < -0.39 is 0 Å². The first-order chi connectivity index (χ1) is 8.56. The number of carbonyl (C=O) groups is 1. The van der Waals surface area contributed by atoms with Crippen LogP contribution >= 0.6 is 0 Å². The summed E-state index contributed by atoms with van der Waals surface area (Å²) in [6.45, 7) is 5.07. The Bertz CT molecular complexity index is 454. The Balaban J connectivity index is 2.70. The number of rotatable bonds is 6. The molecule has 1 rings (SSSR count). The lowest BCUT2D eigenvalue weighted by atomic mass is 10.1. The molecule has 1 heterocycles. The number of hydrogen-bond acceptors (Lipinski definition) is 3. The van der Waals surface area contributed by atoms with E-state index in [1.54, 1.807) is 16.8 Å². The Kier molecular flexibility index (Phi) is 5.58. The van der Waals surface area contributed by atoms with Crippen molar-refractivity contribution in [2.45, 2.75) is 33.2 Å². The minimum absolute atomic E-state index is 0.0508. The summed E-state index contributed by atoms with van der Waals surface area (Å²) in [4.78, 5) is 23.2. The predicted octanol–water partition coefficient (Wildman–Crippen LogP) is 1.18. The normalized spacial score (nSPS) is 12.2. The predicted molar refractivity (Wildman–Crippen MR) is 72.5 cm³/mol. The number of hydrogen-bond donors (Lipinski definition) is 2. The lowest BCUT2D eigenvalue weighted by Gasteiger charge is -2.10. The first kappa shape index (κ1) is 14.4. The first-order valence-corrected chi connectivity index (χ1v) is 6.27. The van der Waals surface area contributed by atoms with Gasteiger partial charge in [0.25, 0.3) is 5.56 Å². The molecule has 3 N–H and O–H groups in total. The smallest absolute Gasteiger partial charge is 0.250 e. The van der Waals surface area contributed by atoms with Crippen molar-refractivity contribution in [3.05, 3.63) is 28.7 Å². The van der Waals surface area contributed by atoms with Gasteiger partial charge in [-0.2, -0.15) is 0 Å². The summed E-state index contributed by atoms with van der Waals surface area (Å²) >= 11 is 0. The van der Waals surface area contributed by atoms with Gasteiger partial charge in [-0.25, -0.2) is 0 Å². The summed E-state index contributed by atoms with van der Waals surface area (Å²) < 4.78 is 1.60. The van der Waals surface area contributed by atoms with Crippen molar-refractivity contribution >= 4 is 11.6 Å². The van der Waals surface area contributed by atoms with Crippen LogP contribution < -0.4 is 16.6 Å². The van der Waals surface area contributed by atoms with E-state index in [4.69, 9.17) is 5.73 Å². The molecule has 18 heavy (non-hydrogen) atoms. The van der Waals surface area contributed by atoms with Crippen LogP contribution in [0, 0.1) is 5.92 Å². The van der Waals surface area contributed by atoms with Gasteiger partial charge in [0.05, 0.1) is 5.69 Å². The molecule has 0 saturated carbocycles. The van der Waals surface area contributed by atoms with E-state index in [0.29, 0.717) is 25.2 Å². The lowest BCUT2D eigenvalue weighted by Crippen LogP contribution is -2.22. The minimum atomic E-state index is -0.0744. The van der Waals surface area contributed by atoms with Crippen LogP contribution in [0.4, 0.5) is 5.69 Å². The van der Waals surface area contributed by atoms with Gasteiger partial charge in [0.1, 0.15) is 0 Å². The van der Waals surface area contributed by atoms with E-state index in [1.807, 2.05) is 13.8 Å². The molecule has 1 amide bonds. The summed E-state index contributed by atoms with van der Waals surface area (Å²) in [6, 6.07) is 3.09. The Morgan fingerprint density at radius 1 is 1.50 bits per heavy atom. The topological polar surface area (TPSA) is 77.1 Å². The van der Waals surface area contributed by atoms with Crippen LogP contribution in [0.3, 0.4) is 0 Å². The molecule has 1 unspecified atom stereocenters. The van der Waals surface area contributed by atoms with Crippen molar-refractivity contribution < 1.29 is 4.79 Å². The molecule has 0 saturated heterocycles. The maximum atomic E-state index is 11.7. The number of nitrogens with zero attached hydrogens (tertiary/aromatic N) is 1. The van der Waals surface area contributed by atoms with Crippen molar-refractivity contribution in [1.82, 2.24) is 4.57 Å². The standard InChI is InChI=1S/C13H21N3O2/c1-3-6-16-9-11(4-5-13(16)18)15-12(17)7-10(2)8-14/h4-5,9-10H,3,6-8,14H2,1-2H3,(H,15,17). The summed E-state index contributed by atoms with van der Waals surface area (Å²) in [5.41, 5.74) is 6.07. The third-order valence-corrected chi connectivity index (χ3v) is 2.67. The molecule has 5 nitrogen and oxygen atoms in total. The van der Waals surface area contributed by atoms with Crippen molar-refractivity contribution in [1.29, 1.82) is 0 Å². The zero-order chi connectivity index (χ0) is 13.5. The Hall–Kier alpha value is -1.62.